The Morgan fingerprint density at radius 1 is 1.53 bits per heavy atom. The third-order valence-corrected chi connectivity index (χ3v) is 3.55. The number of aliphatic carboxylic acids is 1. The van der Waals surface area contributed by atoms with E-state index in [0.29, 0.717) is 25.5 Å². The second kappa shape index (κ2) is 7.99. The van der Waals surface area contributed by atoms with Gasteiger partial charge in [-0.05, 0) is 19.3 Å². The Kier molecular flexibility index (Phi) is 6.62. The molecule has 6 nitrogen and oxygen atoms in total. The molecule has 0 saturated carbocycles. The van der Waals surface area contributed by atoms with Gasteiger partial charge in [-0.15, -0.1) is 0 Å². The molecule has 0 aromatic carbocycles. The van der Waals surface area contributed by atoms with Gasteiger partial charge < -0.3 is 20.1 Å². The van der Waals surface area contributed by atoms with E-state index >= 15 is 0 Å². The second-order valence-electron chi connectivity index (χ2n) is 5.04. The van der Waals surface area contributed by atoms with Gasteiger partial charge in [0.15, 0.2) is 0 Å². The molecule has 0 spiro atoms. The fourth-order valence-electron chi connectivity index (χ4n) is 2.35. The Morgan fingerprint density at radius 2 is 2.26 bits per heavy atom. The molecule has 0 radical (unpaired) electrons. The predicted octanol–water partition coefficient (Wildman–Crippen LogP) is 1.17. The number of hydrogen-bond donors (Lipinski definition) is 2. The molecule has 19 heavy (non-hydrogen) atoms. The van der Waals surface area contributed by atoms with Crippen molar-refractivity contribution in [3.05, 3.63) is 0 Å². The zero-order valence-electron chi connectivity index (χ0n) is 11.7. The highest BCUT2D eigenvalue weighted by atomic mass is 16.5. The van der Waals surface area contributed by atoms with E-state index in [9.17, 15) is 9.59 Å². The van der Waals surface area contributed by atoms with E-state index in [0.717, 1.165) is 19.4 Å². The molecule has 2 N–H and O–H groups in total. The number of carbonyl (C=O) groups excluding carboxylic acids is 1. The lowest BCUT2D eigenvalue weighted by molar-refractivity contribution is -0.141. The molecular formula is C13H24N2O4. The van der Waals surface area contributed by atoms with Gasteiger partial charge in [-0.1, -0.05) is 6.92 Å². The quantitative estimate of drug-likeness (QED) is 0.760. The van der Waals surface area contributed by atoms with Gasteiger partial charge in [0.05, 0.1) is 12.5 Å². The first kappa shape index (κ1) is 15.8. The first-order valence-corrected chi connectivity index (χ1v) is 6.83. The fraction of sp³-hybridized carbons (Fsp3) is 0.846. The Balaban J connectivity index is 2.38. The summed E-state index contributed by atoms with van der Waals surface area (Å²) in [5.74, 6) is -0.992. The molecule has 1 heterocycles. The number of hydrogen-bond acceptors (Lipinski definition) is 3. The van der Waals surface area contributed by atoms with Gasteiger partial charge in [0.2, 0.25) is 0 Å². The standard InChI is InChI=1S/C13H24N2O4/c1-3-11(12(16)17)7-14-13(18)15-6-4-5-10(8-15)9-19-2/h10-11H,3-9H2,1-2H3,(H,14,18)(H,16,17). The Labute approximate surface area is 114 Å². The van der Waals surface area contributed by atoms with Crippen LogP contribution >= 0.6 is 0 Å². The molecule has 1 aliphatic heterocycles. The Bertz CT molecular complexity index is 307. The van der Waals surface area contributed by atoms with E-state index in [-0.39, 0.29) is 12.6 Å². The van der Waals surface area contributed by atoms with Crippen molar-refractivity contribution < 1.29 is 19.4 Å². The van der Waals surface area contributed by atoms with E-state index in [1.165, 1.54) is 0 Å². The van der Waals surface area contributed by atoms with Gasteiger partial charge in [0.1, 0.15) is 0 Å². The normalized spacial score (nSPS) is 20.9. The minimum absolute atomic E-state index is 0.166. The Hall–Kier alpha value is -1.30. The lowest BCUT2D eigenvalue weighted by atomic mass is 9.99. The van der Waals surface area contributed by atoms with Crippen LogP contribution < -0.4 is 5.32 Å². The number of likely N-dealkylation sites (tertiary alicyclic amines) is 1. The van der Waals surface area contributed by atoms with Crippen molar-refractivity contribution >= 4 is 12.0 Å². The summed E-state index contributed by atoms with van der Waals surface area (Å²) >= 11 is 0. The lowest BCUT2D eigenvalue weighted by Gasteiger charge is -2.32. The maximum Gasteiger partial charge on any atom is 0.317 e. The molecule has 0 aliphatic carbocycles. The van der Waals surface area contributed by atoms with Crippen LogP contribution in [0.3, 0.4) is 0 Å². The van der Waals surface area contributed by atoms with Crippen molar-refractivity contribution in [1.82, 2.24) is 10.2 Å². The number of amides is 2. The summed E-state index contributed by atoms with van der Waals surface area (Å²) in [5.41, 5.74) is 0. The lowest BCUT2D eigenvalue weighted by Crippen LogP contribution is -2.47. The third-order valence-electron chi connectivity index (χ3n) is 3.55. The van der Waals surface area contributed by atoms with Gasteiger partial charge >= 0.3 is 12.0 Å². The summed E-state index contributed by atoms with van der Waals surface area (Å²) in [6.07, 6.45) is 2.56. The second-order valence-corrected chi connectivity index (χ2v) is 5.04. The largest absolute Gasteiger partial charge is 0.481 e. The van der Waals surface area contributed by atoms with Gasteiger partial charge in [-0.3, -0.25) is 4.79 Å². The van der Waals surface area contributed by atoms with Crippen LogP contribution in [0.15, 0.2) is 0 Å². The zero-order chi connectivity index (χ0) is 14.3. The SMILES string of the molecule is CCC(CNC(=O)N1CCCC(COC)C1)C(=O)O. The molecule has 2 amide bonds. The maximum absolute atomic E-state index is 12.0. The van der Waals surface area contributed by atoms with Crippen molar-refractivity contribution in [3.63, 3.8) is 0 Å². The fourth-order valence-corrected chi connectivity index (χ4v) is 2.35. The molecule has 0 aromatic rings. The van der Waals surface area contributed by atoms with Crippen LogP contribution in [0.4, 0.5) is 4.79 Å². The maximum atomic E-state index is 12.0. The molecule has 1 rings (SSSR count). The van der Waals surface area contributed by atoms with E-state index in [2.05, 4.69) is 5.32 Å². The smallest absolute Gasteiger partial charge is 0.317 e. The minimum Gasteiger partial charge on any atom is -0.481 e. The molecular weight excluding hydrogens is 248 g/mol. The van der Waals surface area contributed by atoms with Crippen LogP contribution in [0.25, 0.3) is 0 Å². The van der Waals surface area contributed by atoms with E-state index in [4.69, 9.17) is 9.84 Å². The first-order chi connectivity index (χ1) is 9.08. The van der Waals surface area contributed by atoms with Crippen LogP contribution in [0.2, 0.25) is 0 Å². The van der Waals surface area contributed by atoms with Gasteiger partial charge in [-0.25, -0.2) is 4.79 Å². The number of nitrogens with one attached hydrogen (secondary N) is 1. The number of carbonyl (C=O) groups is 2. The number of methoxy groups -OCH3 is 1. The van der Waals surface area contributed by atoms with Gasteiger partial charge in [0, 0.05) is 32.7 Å². The molecule has 2 unspecified atom stereocenters. The van der Waals surface area contributed by atoms with Crippen LogP contribution in [0, 0.1) is 11.8 Å². The van der Waals surface area contributed by atoms with Crippen molar-refractivity contribution in [2.24, 2.45) is 11.8 Å². The Morgan fingerprint density at radius 3 is 2.84 bits per heavy atom. The van der Waals surface area contributed by atoms with Crippen LogP contribution in [0.5, 0.6) is 0 Å². The van der Waals surface area contributed by atoms with Gasteiger partial charge in [-0.2, -0.15) is 0 Å². The highest BCUT2D eigenvalue weighted by molar-refractivity contribution is 5.76. The van der Waals surface area contributed by atoms with Crippen molar-refractivity contribution in [3.8, 4) is 0 Å². The summed E-state index contributed by atoms with van der Waals surface area (Å²) in [6.45, 7) is 4.08. The van der Waals surface area contributed by atoms with Crippen LogP contribution in [-0.4, -0.2) is 55.4 Å². The average molecular weight is 272 g/mol. The van der Waals surface area contributed by atoms with E-state index in [1.54, 1.807) is 18.9 Å². The van der Waals surface area contributed by atoms with E-state index in [1.807, 2.05) is 0 Å². The summed E-state index contributed by atoms with van der Waals surface area (Å²) in [7, 11) is 1.66. The van der Waals surface area contributed by atoms with Crippen molar-refractivity contribution in [1.29, 1.82) is 0 Å². The molecule has 0 aromatic heterocycles. The first-order valence-electron chi connectivity index (χ1n) is 6.83. The number of rotatable bonds is 6. The van der Waals surface area contributed by atoms with Crippen LogP contribution in [-0.2, 0) is 9.53 Å². The van der Waals surface area contributed by atoms with Gasteiger partial charge in [0.25, 0.3) is 0 Å². The molecule has 1 fully saturated rings. The molecule has 1 aliphatic rings. The topological polar surface area (TPSA) is 78.9 Å². The molecule has 2 atom stereocenters. The van der Waals surface area contributed by atoms with Crippen molar-refractivity contribution in [2.75, 3.05) is 33.4 Å². The monoisotopic (exact) mass is 272 g/mol. The molecule has 110 valence electrons. The highest BCUT2D eigenvalue weighted by Crippen LogP contribution is 2.16. The number of urea groups is 1. The third kappa shape index (κ3) is 5.06. The number of nitrogens with zero attached hydrogens (tertiary/aromatic N) is 1. The summed E-state index contributed by atoms with van der Waals surface area (Å²) in [6, 6.07) is -0.166. The zero-order valence-corrected chi connectivity index (χ0v) is 11.7. The highest BCUT2D eigenvalue weighted by Gasteiger charge is 2.24. The molecule has 6 heteroatoms. The number of ether oxygens (including phenoxy) is 1. The summed E-state index contributed by atoms with van der Waals surface area (Å²) < 4.78 is 5.12. The number of carboxylic acid groups (broad SMARTS) is 1. The average Bonchev–Trinajstić information content (AvgIpc) is 2.39. The predicted molar refractivity (Wildman–Crippen MR) is 71.0 cm³/mol. The molecule has 0 bridgehead atoms. The van der Waals surface area contributed by atoms with E-state index < -0.39 is 11.9 Å². The van der Waals surface area contributed by atoms with Crippen molar-refractivity contribution in [2.45, 2.75) is 26.2 Å². The molecule has 1 saturated heterocycles. The summed E-state index contributed by atoms with van der Waals surface area (Å²) in [5, 5.41) is 11.6. The number of piperidine rings is 1. The minimum atomic E-state index is -0.862. The summed E-state index contributed by atoms with van der Waals surface area (Å²) in [4.78, 5) is 24.6. The number of carboxylic acids is 1. The van der Waals surface area contributed by atoms with Crippen LogP contribution in [0.1, 0.15) is 26.2 Å².